The molecule has 0 fully saturated rings. The molecule has 5 rings (SSSR count). The maximum absolute atomic E-state index is 14.7. The summed E-state index contributed by atoms with van der Waals surface area (Å²) in [5.74, 6) is -0.115. The fourth-order valence-electron chi connectivity index (χ4n) is 4.30. The molecule has 0 saturated carbocycles. The van der Waals surface area contributed by atoms with E-state index in [4.69, 9.17) is 14.2 Å². The van der Waals surface area contributed by atoms with Crippen LogP contribution in [0.4, 0.5) is 20.3 Å². The zero-order valence-electron chi connectivity index (χ0n) is 20.9. The average Bonchev–Trinajstić information content (AvgIpc) is 3.24. The van der Waals surface area contributed by atoms with Crippen molar-refractivity contribution in [2.75, 3.05) is 26.6 Å². The van der Waals surface area contributed by atoms with E-state index in [-0.39, 0.29) is 41.8 Å². The van der Waals surface area contributed by atoms with Gasteiger partial charge in [0.05, 0.1) is 45.7 Å². The predicted molar refractivity (Wildman–Crippen MR) is 137 cm³/mol. The molecule has 1 aliphatic rings. The molecule has 8 nitrogen and oxygen atoms in total. The van der Waals surface area contributed by atoms with E-state index in [0.29, 0.717) is 28.6 Å². The van der Waals surface area contributed by atoms with Crippen molar-refractivity contribution in [2.24, 2.45) is 0 Å². The monoisotopic (exact) mass is 518 g/mol. The standard InChI is InChI=1S/C28H24F2N4O4/c1-36-18-11-8-17(9-12-18)31-27-25-22(32-26(33-27)24-20(29)5-4-6-21(24)30)15-34(28(25)35)14-16-7-10-19(37-2)13-23(16)38-3/h4-13H,14-15H2,1-3H3,(H,31,32,33). The summed E-state index contributed by atoms with van der Waals surface area (Å²) < 4.78 is 45.3. The van der Waals surface area contributed by atoms with Gasteiger partial charge in [-0.05, 0) is 48.5 Å². The minimum atomic E-state index is -0.801. The third kappa shape index (κ3) is 4.68. The molecule has 0 spiro atoms. The Bertz CT molecular complexity index is 1490. The van der Waals surface area contributed by atoms with Crippen molar-refractivity contribution in [2.45, 2.75) is 13.1 Å². The van der Waals surface area contributed by atoms with Crippen molar-refractivity contribution in [3.63, 3.8) is 0 Å². The molecular weight excluding hydrogens is 494 g/mol. The number of halogens is 2. The molecule has 2 heterocycles. The van der Waals surface area contributed by atoms with Gasteiger partial charge in [0.25, 0.3) is 5.91 Å². The number of aromatic nitrogens is 2. The Labute approximate surface area is 217 Å². The van der Waals surface area contributed by atoms with Crippen LogP contribution in [0.25, 0.3) is 11.4 Å². The van der Waals surface area contributed by atoms with Crippen LogP contribution in [0.5, 0.6) is 17.2 Å². The van der Waals surface area contributed by atoms with Crippen LogP contribution in [0.2, 0.25) is 0 Å². The average molecular weight is 519 g/mol. The number of hydrogen-bond donors (Lipinski definition) is 1. The Morgan fingerprint density at radius 1 is 0.868 bits per heavy atom. The van der Waals surface area contributed by atoms with E-state index in [0.717, 1.165) is 17.7 Å². The van der Waals surface area contributed by atoms with Gasteiger partial charge >= 0.3 is 0 Å². The minimum absolute atomic E-state index is 0.117. The zero-order valence-corrected chi connectivity index (χ0v) is 20.9. The molecule has 10 heteroatoms. The summed E-state index contributed by atoms with van der Waals surface area (Å²) in [7, 11) is 4.65. The van der Waals surface area contributed by atoms with Crippen molar-refractivity contribution in [1.29, 1.82) is 0 Å². The smallest absolute Gasteiger partial charge is 0.260 e. The van der Waals surface area contributed by atoms with Gasteiger partial charge in [0.1, 0.15) is 40.3 Å². The quantitative estimate of drug-likeness (QED) is 0.337. The number of fused-ring (bicyclic) bond motifs is 1. The molecular formula is C28H24F2N4O4. The van der Waals surface area contributed by atoms with Crippen LogP contribution < -0.4 is 19.5 Å². The zero-order chi connectivity index (χ0) is 26.8. The Balaban J connectivity index is 1.56. The largest absolute Gasteiger partial charge is 0.497 e. The Kier molecular flexibility index (Phi) is 6.78. The molecule has 1 aliphatic heterocycles. The highest BCUT2D eigenvalue weighted by Crippen LogP contribution is 2.35. The highest BCUT2D eigenvalue weighted by Gasteiger charge is 2.34. The van der Waals surface area contributed by atoms with Gasteiger partial charge < -0.3 is 24.4 Å². The number of carbonyl (C=O) groups excluding carboxylic acids is 1. The molecule has 0 aliphatic carbocycles. The lowest BCUT2D eigenvalue weighted by Gasteiger charge is -2.18. The third-order valence-corrected chi connectivity index (χ3v) is 6.22. The van der Waals surface area contributed by atoms with Crippen LogP contribution in [0.1, 0.15) is 21.6 Å². The van der Waals surface area contributed by atoms with Gasteiger partial charge in [-0.1, -0.05) is 6.07 Å². The number of anilines is 2. The van der Waals surface area contributed by atoms with Crippen LogP contribution in [-0.4, -0.2) is 42.1 Å². The van der Waals surface area contributed by atoms with Crippen LogP contribution in [0, 0.1) is 11.6 Å². The lowest BCUT2D eigenvalue weighted by Crippen LogP contribution is -2.24. The number of hydrogen-bond acceptors (Lipinski definition) is 7. The Morgan fingerprint density at radius 3 is 2.21 bits per heavy atom. The number of ether oxygens (including phenoxy) is 3. The van der Waals surface area contributed by atoms with E-state index in [1.807, 2.05) is 6.07 Å². The summed E-state index contributed by atoms with van der Waals surface area (Å²) >= 11 is 0. The van der Waals surface area contributed by atoms with Crippen molar-refractivity contribution >= 4 is 17.4 Å². The second kappa shape index (κ2) is 10.3. The van der Waals surface area contributed by atoms with Crippen LogP contribution in [0.3, 0.4) is 0 Å². The number of nitrogens with zero attached hydrogens (tertiary/aromatic N) is 3. The molecule has 4 aromatic rings. The molecule has 194 valence electrons. The highest BCUT2D eigenvalue weighted by atomic mass is 19.1. The molecule has 0 unspecified atom stereocenters. The van der Waals surface area contributed by atoms with E-state index in [2.05, 4.69) is 15.3 Å². The second-order valence-corrected chi connectivity index (χ2v) is 8.51. The van der Waals surface area contributed by atoms with Gasteiger partial charge in [-0.2, -0.15) is 0 Å². The van der Waals surface area contributed by atoms with Gasteiger partial charge in [0.15, 0.2) is 5.82 Å². The number of rotatable bonds is 8. The third-order valence-electron chi connectivity index (χ3n) is 6.22. The molecule has 0 bridgehead atoms. The summed E-state index contributed by atoms with van der Waals surface area (Å²) in [6.07, 6.45) is 0. The topological polar surface area (TPSA) is 85.8 Å². The fraction of sp³-hybridized carbons (Fsp3) is 0.179. The first-order valence-electron chi connectivity index (χ1n) is 11.7. The number of benzene rings is 3. The van der Waals surface area contributed by atoms with E-state index in [1.54, 1.807) is 55.5 Å². The van der Waals surface area contributed by atoms with Gasteiger partial charge in [-0.25, -0.2) is 18.7 Å². The Morgan fingerprint density at radius 2 is 1.55 bits per heavy atom. The Hall–Kier alpha value is -4.73. The fourth-order valence-corrected chi connectivity index (χ4v) is 4.30. The van der Waals surface area contributed by atoms with Gasteiger partial charge in [0.2, 0.25) is 0 Å². The first kappa shape index (κ1) is 24.9. The summed E-state index contributed by atoms with van der Waals surface area (Å²) in [6.45, 7) is 0.333. The van der Waals surface area contributed by atoms with E-state index in [1.165, 1.54) is 13.2 Å². The van der Waals surface area contributed by atoms with Crippen molar-refractivity contribution < 1.29 is 27.8 Å². The van der Waals surface area contributed by atoms with Crippen molar-refractivity contribution in [3.05, 3.63) is 89.1 Å². The SMILES string of the molecule is COc1ccc(Nc2nc(-c3c(F)cccc3F)nc3c2C(=O)N(Cc2ccc(OC)cc2OC)C3)cc1. The molecule has 1 N–H and O–H groups in total. The number of nitrogens with one attached hydrogen (secondary N) is 1. The molecule has 1 amide bonds. The maximum Gasteiger partial charge on any atom is 0.260 e. The lowest BCUT2D eigenvalue weighted by atomic mass is 10.1. The number of methoxy groups -OCH3 is 3. The van der Waals surface area contributed by atoms with Crippen molar-refractivity contribution in [1.82, 2.24) is 14.9 Å². The number of carbonyl (C=O) groups is 1. The van der Waals surface area contributed by atoms with E-state index >= 15 is 0 Å². The van der Waals surface area contributed by atoms with Gasteiger partial charge in [0, 0.05) is 17.3 Å². The normalized spacial score (nSPS) is 12.3. The summed E-state index contributed by atoms with van der Waals surface area (Å²) in [5, 5.41) is 3.12. The van der Waals surface area contributed by atoms with E-state index in [9.17, 15) is 13.6 Å². The van der Waals surface area contributed by atoms with Crippen LogP contribution in [-0.2, 0) is 13.1 Å². The van der Waals surface area contributed by atoms with E-state index < -0.39 is 11.6 Å². The highest BCUT2D eigenvalue weighted by molar-refractivity contribution is 6.03. The molecule has 0 saturated heterocycles. The molecule has 0 radical (unpaired) electrons. The molecule has 3 aromatic carbocycles. The van der Waals surface area contributed by atoms with Crippen molar-refractivity contribution in [3.8, 4) is 28.6 Å². The summed E-state index contributed by atoms with van der Waals surface area (Å²) in [6, 6.07) is 15.8. The summed E-state index contributed by atoms with van der Waals surface area (Å²) in [4.78, 5) is 24.0. The minimum Gasteiger partial charge on any atom is -0.497 e. The lowest BCUT2D eigenvalue weighted by molar-refractivity contribution is 0.0766. The molecule has 0 atom stereocenters. The van der Waals surface area contributed by atoms with Crippen LogP contribution >= 0.6 is 0 Å². The molecule has 38 heavy (non-hydrogen) atoms. The summed E-state index contributed by atoms with van der Waals surface area (Å²) in [5.41, 5.74) is 1.58. The predicted octanol–water partition coefficient (Wildman–Crippen LogP) is 5.35. The number of amides is 1. The van der Waals surface area contributed by atoms with Gasteiger partial charge in [-0.15, -0.1) is 0 Å². The maximum atomic E-state index is 14.7. The first-order valence-corrected chi connectivity index (χ1v) is 11.7. The van der Waals surface area contributed by atoms with Gasteiger partial charge in [-0.3, -0.25) is 4.79 Å². The molecule has 1 aromatic heterocycles. The van der Waals surface area contributed by atoms with Crippen LogP contribution in [0.15, 0.2) is 60.7 Å². The first-order chi connectivity index (χ1) is 18.4. The second-order valence-electron chi connectivity index (χ2n) is 8.51.